The molecule has 0 saturated carbocycles. The Bertz CT molecular complexity index is 538. The Kier molecular flexibility index (Phi) is 5.39. The third-order valence-electron chi connectivity index (χ3n) is 2.12. The third-order valence-corrected chi connectivity index (χ3v) is 2.12. The zero-order valence-electron chi connectivity index (χ0n) is 12.0. The summed E-state index contributed by atoms with van der Waals surface area (Å²) in [7, 11) is 1.49. The minimum absolute atomic E-state index is 0.0750. The van der Waals surface area contributed by atoms with Crippen molar-refractivity contribution in [2.24, 2.45) is 0 Å². The van der Waals surface area contributed by atoms with Crippen molar-refractivity contribution in [3.05, 3.63) is 29.6 Å². The van der Waals surface area contributed by atoms with Gasteiger partial charge in [0.2, 0.25) is 0 Å². The summed E-state index contributed by atoms with van der Waals surface area (Å²) in [5.74, 6) is 5.37. The van der Waals surface area contributed by atoms with Gasteiger partial charge in [-0.1, -0.05) is 11.8 Å². The maximum Gasteiger partial charge on any atom is 0.408 e. The van der Waals surface area contributed by atoms with Crippen LogP contribution in [0.5, 0.6) is 5.75 Å². The van der Waals surface area contributed by atoms with Crippen LogP contribution in [0.15, 0.2) is 18.2 Å². The summed E-state index contributed by atoms with van der Waals surface area (Å²) < 4.78 is 23.5. The number of benzene rings is 1. The Labute approximate surface area is 118 Å². The largest absolute Gasteiger partial charge is 0.497 e. The van der Waals surface area contributed by atoms with E-state index >= 15 is 0 Å². The standard InChI is InChI=1S/C15H18FNO3/c1-15(2,3)20-14(18)17-9-5-6-11-10-12(19-4)7-8-13(11)16/h7-8,10H,9H2,1-4H3,(H,17,18). The molecular weight excluding hydrogens is 261 g/mol. The van der Waals surface area contributed by atoms with E-state index in [1.807, 2.05) is 0 Å². The monoisotopic (exact) mass is 279 g/mol. The van der Waals surface area contributed by atoms with Crippen LogP contribution >= 0.6 is 0 Å². The molecule has 1 N–H and O–H groups in total. The highest BCUT2D eigenvalue weighted by molar-refractivity contribution is 5.68. The van der Waals surface area contributed by atoms with Gasteiger partial charge in [-0.2, -0.15) is 0 Å². The average molecular weight is 279 g/mol. The second kappa shape index (κ2) is 6.80. The lowest BCUT2D eigenvalue weighted by Crippen LogP contribution is -2.32. The fourth-order valence-corrected chi connectivity index (χ4v) is 1.30. The molecule has 108 valence electrons. The van der Waals surface area contributed by atoms with Crippen molar-refractivity contribution in [3.63, 3.8) is 0 Å². The van der Waals surface area contributed by atoms with Gasteiger partial charge in [0.25, 0.3) is 0 Å². The van der Waals surface area contributed by atoms with Crippen LogP contribution in [-0.4, -0.2) is 25.3 Å². The van der Waals surface area contributed by atoms with Crippen molar-refractivity contribution in [2.75, 3.05) is 13.7 Å². The number of nitrogens with one attached hydrogen (secondary N) is 1. The van der Waals surface area contributed by atoms with Crippen molar-refractivity contribution >= 4 is 6.09 Å². The summed E-state index contributed by atoms with van der Waals surface area (Å²) in [5.41, 5.74) is -0.341. The Balaban J connectivity index is 2.57. The van der Waals surface area contributed by atoms with Crippen LogP contribution in [0, 0.1) is 17.7 Å². The number of halogens is 1. The van der Waals surface area contributed by atoms with E-state index in [4.69, 9.17) is 9.47 Å². The molecule has 0 bridgehead atoms. The van der Waals surface area contributed by atoms with Crippen LogP contribution in [0.4, 0.5) is 9.18 Å². The van der Waals surface area contributed by atoms with E-state index in [9.17, 15) is 9.18 Å². The van der Waals surface area contributed by atoms with Crippen LogP contribution in [0.3, 0.4) is 0 Å². The zero-order valence-corrected chi connectivity index (χ0v) is 12.0. The van der Waals surface area contributed by atoms with Crippen molar-refractivity contribution in [2.45, 2.75) is 26.4 Å². The molecule has 0 unspecified atom stereocenters. The third kappa shape index (κ3) is 5.61. The fraction of sp³-hybridized carbons (Fsp3) is 0.400. The van der Waals surface area contributed by atoms with Gasteiger partial charge in [0.1, 0.15) is 17.2 Å². The van der Waals surface area contributed by atoms with E-state index in [1.165, 1.54) is 25.3 Å². The van der Waals surface area contributed by atoms with Crippen LogP contribution < -0.4 is 10.1 Å². The van der Waals surface area contributed by atoms with Crippen LogP contribution in [0.1, 0.15) is 26.3 Å². The van der Waals surface area contributed by atoms with Gasteiger partial charge in [0, 0.05) is 0 Å². The van der Waals surface area contributed by atoms with Crippen LogP contribution in [0.25, 0.3) is 0 Å². The number of rotatable bonds is 2. The number of methoxy groups -OCH3 is 1. The van der Waals surface area contributed by atoms with Crippen molar-refractivity contribution < 1.29 is 18.7 Å². The van der Waals surface area contributed by atoms with Gasteiger partial charge in [-0.15, -0.1) is 0 Å². The molecule has 1 aromatic rings. The molecule has 20 heavy (non-hydrogen) atoms. The number of hydrogen-bond acceptors (Lipinski definition) is 3. The highest BCUT2D eigenvalue weighted by Gasteiger charge is 2.15. The molecule has 0 spiro atoms. The minimum Gasteiger partial charge on any atom is -0.497 e. The van der Waals surface area contributed by atoms with E-state index in [2.05, 4.69) is 17.2 Å². The molecule has 1 rings (SSSR count). The molecule has 0 aliphatic carbocycles. The van der Waals surface area contributed by atoms with Crippen molar-refractivity contribution in [1.82, 2.24) is 5.32 Å². The van der Waals surface area contributed by atoms with Crippen molar-refractivity contribution in [1.29, 1.82) is 0 Å². The smallest absolute Gasteiger partial charge is 0.408 e. The average Bonchev–Trinajstić information content (AvgIpc) is 2.34. The van der Waals surface area contributed by atoms with Gasteiger partial charge in [0.05, 0.1) is 19.2 Å². The van der Waals surface area contributed by atoms with E-state index in [0.29, 0.717) is 5.75 Å². The number of carbonyl (C=O) groups excluding carboxylic acids is 1. The first-order valence-electron chi connectivity index (χ1n) is 6.11. The highest BCUT2D eigenvalue weighted by Crippen LogP contribution is 2.15. The number of ether oxygens (including phenoxy) is 2. The highest BCUT2D eigenvalue weighted by atomic mass is 19.1. The van der Waals surface area contributed by atoms with E-state index in [0.717, 1.165) is 0 Å². The lowest BCUT2D eigenvalue weighted by atomic mass is 10.2. The first-order valence-corrected chi connectivity index (χ1v) is 6.11. The number of amides is 1. The molecule has 0 aliphatic rings. The molecule has 4 nitrogen and oxygen atoms in total. The van der Waals surface area contributed by atoms with Gasteiger partial charge in [0.15, 0.2) is 0 Å². The lowest BCUT2D eigenvalue weighted by Gasteiger charge is -2.19. The molecule has 0 aromatic heterocycles. The first-order chi connectivity index (χ1) is 9.31. The molecule has 5 heteroatoms. The molecule has 0 aliphatic heterocycles. The van der Waals surface area contributed by atoms with Gasteiger partial charge in [-0.25, -0.2) is 9.18 Å². The Morgan fingerprint density at radius 2 is 2.10 bits per heavy atom. The van der Waals surface area contributed by atoms with E-state index < -0.39 is 17.5 Å². The number of hydrogen-bond donors (Lipinski definition) is 1. The predicted octanol–water partition coefficient (Wildman–Crippen LogP) is 2.71. The Hall–Kier alpha value is -2.22. The van der Waals surface area contributed by atoms with Gasteiger partial charge in [-0.05, 0) is 39.0 Å². The maximum absolute atomic E-state index is 13.4. The van der Waals surface area contributed by atoms with Gasteiger partial charge < -0.3 is 14.8 Å². The summed E-state index contributed by atoms with van der Waals surface area (Å²) in [6, 6.07) is 4.29. The molecule has 0 saturated heterocycles. The molecule has 0 atom stereocenters. The summed E-state index contributed by atoms with van der Waals surface area (Å²) in [6.07, 6.45) is -0.557. The van der Waals surface area contributed by atoms with Crippen molar-refractivity contribution in [3.8, 4) is 17.6 Å². The maximum atomic E-state index is 13.4. The SMILES string of the molecule is COc1ccc(F)c(C#CCNC(=O)OC(C)(C)C)c1. The molecule has 0 heterocycles. The Morgan fingerprint density at radius 1 is 1.40 bits per heavy atom. The normalized spacial score (nSPS) is 10.2. The van der Waals surface area contributed by atoms with Gasteiger partial charge >= 0.3 is 6.09 Å². The lowest BCUT2D eigenvalue weighted by molar-refractivity contribution is 0.0535. The van der Waals surface area contributed by atoms with E-state index in [-0.39, 0.29) is 12.1 Å². The topological polar surface area (TPSA) is 47.6 Å². The Morgan fingerprint density at radius 3 is 2.70 bits per heavy atom. The van der Waals surface area contributed by atoms with Gasteiger partial charge in [-0.3, -0.25) is 0 Å². The second-order valence-corrected chi connectivity index (χ2v) is 5.00. The molecule has 1 aromatic carbocycles. The molecule has 1 amide bonds. The quantitative estimate of drug-likeness (QED) is 0.847. The number of carbonyl (C=O) groups is 1. The van der Waals surface area contributed by atoms with Crippen LogP contribution in [0.2, 0.25) is 0 Å². The molecule has 0 fully saturated rings. The first kappa shape index (κ1) is 15.8. The van der Waals surface area contributed by atoms with E-state index in [1.54, 1.807) is 20.8 Å². The second-order valence-electron chi connectivity index (χ2n) is 5.00. The summed E-state index contributed by atoms with van der Waals surface area (Å²) >= 11 is 0. The molecular formula is C15H18FNO3. The summed E-state index contributed by atoms with van der Waals surface area (Å²) in [5, 5.41) is 2.47. The van der Waals surface area contributed by atoms with Crippen LogP contribution in [-0.2, 0) is 4.74 Å². The molecule has 0 radical (unpaired) electrons. The minimum atomic E-state index is -0.559. The summed E-state index contributed by atoms with van der Waals surface area (Å²) in [6.45, 7) is 5.38. The number of alkyl carbamates (subject to hydrolysis) is 1. The fourth-order valence-electron chi connectivity index (χ4n) is 1.30. The summed E-state index contributed by atoms with van der Waals surface area (Å²) in [4.78, 5) is 11.3. The predicted molar refractivity (Wildman–Crippen MR) is 74.1 cm³/mol. The zero-order chi connectivity index (χ0) is 15.2.